The number of hydrogen-bond acceptors (Lipinski definition) is 5. The molecule has 1 fully saturated rings. The first-order chi connectivity index (χ1) is 13.1. The van der Waals surface area contributed by atoms with Crippen LogP contribution in [0.2, 0.25) is 0 Å². The van der Waals surface area contributed by atoms with E-state index in [9.17, 15) is 13.2 Å². The van der Waals surface area contributed by atoms with Gasteiger partial charge in [-0.2, -0.15) is 0 Å². The van der Waals surface area contributed by atoms with Crippen molar-refractivity contribution in [2.24, 2.45) is 0 Å². The van der Waals surface area contributed by atoms with Crippen LogP contribution in [0.25, 0.3) is 0 Å². The number of amides is 1. The van der Waals surface area contributed by atoms with Gasteiger partial charge >= 0.3 is 0 Å². The molecule has 0 aromatic heterocycles. The van der Waals surface area contributed by atoms with Gasteiger partial charge in [-0.3, -0.25) is 4.79 Å². The molecule has 0 saturated carbocycles. The van der Waals surface area contributed by atoms with Gasteiger partial charge in [0, 0.05) is 24.2 Å². The van der Waals surface area contributed by atoms with Crippen LogP contribution in [0, 0.1) is 0 Å². The standard InChI is InChI=1S/C20H33N3O4S/c1-20(2,3)22-28(25,26)18-15-16(9-10-17(18)27-4)19(24)21-11-14-23-12-7-5-6-8-13-23/h9-10,15,22H,5-8,11-14H2,1-4H3,(H,21,24). The van der Waals surface area contributed by atoms with Gasteiger partial charge in [0.05, 0.1) is 7.11 Å². The highest BCUT2D eigenvalue weighted by Crippen LogP contribution is 2.26. The van der Waals surface area contributed by atoms with Crippen molar-refractivity contribution in [3.05, 3.63) is 23.8 Å². The van der Waals surface area contributed by atoms with E-state index in [-0.39, 0.29) is 16.6 Å². The molecule has 0 bridgehead atoms. The van der Waals surface area contributed by atoms with Crippen LogP contribution in [0.4, 0.5) is 0 Å². The van der Waals surface area contributed by atoms with Crippen molar-refractivity contribution in [3.8, 4) is 5.75 Å². The summed E-state index contributed by atoms with van der Waals surface area (Å²) in [5.41, 5.74) is -0.346. The summed E-state index contributed by atoms with van der Waals surface area (Å²) in [5.74, 6) is -0.0810. The van der Waals surface area contributed by atoms with Crippen molar-refractivity contribution in [3.63, 3.8) is 0 Å². The number of benzene rings is 1. The zero-order valence-electron chi connectivity index (χ0n) is 17.4. The van der Waals surface area contributed by atoms with Crippen molar-refractivity contribution in [1.29, 1.82) is 0 Å². The van der Waals surface area contributed by atoms with Crippen LogP contribution in [-0.2, 0) is 10.0 Å². The van der Waals surface area contributed by atoms with Gasteiger partial charge in [-0.1, -0.05) is 12.8 Å². The molecule has 0 aliphatic carbocycles. The van der Waals surface area contributed by atoms with E-state index in [0.717, 1.165) is 19.6 Å². The predicted octanol–water partition coefficient (Wildman–Crippen LogP) is 2.38. The van der Waals surface area contributed by atoms with Crippen molar-refractivity contribution in [2.75, 3.05) is 33.3 Å². The van der Waals surface area contributed by atoms with Crippen LogP contribution >= 0.6 is 0 Å². The molecule has 2 rings (SSSR count). The molecule has 8 heteroatoms. The number of rotatable bonds is 7. The average Bonchev–Trinajstić information content (AvgIpc) is 2.88. The summed E-state index contributed by atoms with van der Waals surface area (Å²) in [5, 5.41) is 2.89. The van der Waals surface area contributed by atoms with Crippen LogP contribution in [0.3, 0.4) is 0 Å². The Labute approximate surface area is 168 Å². The smallest absolute Gasteiger partial charge is 0.251 e. The van der Waals surface area contributed by atoms with Gasteiger partial charge in [-0.05, 0) is 64.9 Å². The number of nitrogens with zero attached hydrogens (tertiary/aromatic N) is 1. The molecule has 1 amide bonds. The molecule has 158 valence electrons. The van der Waals surface area contributed by atoms with Crippen LogP contribution in [0.1, 0.15) is 56.8 Å². The molecule has 0 atom stereocenters. The highest BCUT2D eigenvalue weighted by Gasteiger charge is 2.26. The third-order valence-corrected chi connectivity index (χ3v) is 6.35. The Morgan fingerprint density at radius 2 is 1.79 bits per heavy atom. The summed E-state index contributed by atoms with van der Waals surface area (Å²) >= 11 is 0. The Morgan fingerprint density at radius 3 is 2.36 bits per heavy atom. The Morgan fingerprint density at radius 1 is 1.14 bits per heavy atom. The fourth-order valence-electron chi connectivity index (χ4n) is 3.28. The molecule has 1 aliphatic heterocycles. The lowest BCUT2D eigenvalue weighted by atomic mass is 10.1. The first-order valence-electron chi connectivity index (χ1n) is 9.85. The highest BCUT2D eigenvalue weighted by atomic mass is 32.2. The molecule has 1 aromatic rings. The summed E-state index contributed by atoms with van der Waals surface area (Å²) in [4.78, 5) is 14.9. The number of carbonyl (C=O) groups is 1. The van der Waals surface area contributed by atoms with E-state index in [0.29, 0.717) is 12.1 Å². The van der Waals surface area contributed by atoms with Crippen molar-refractivity contribution >= 4 is 15.9 Å². The number of likely N-dealkylation sites (tertiary alicyclic amines) is 1. The molecular formula is C20H33N3O4S. The minimum absolute atomic E-state index is 0.0370. The fraction of sp³-hybridized carbons (Fsp3) is 0.650. The number of nitrogens with one attached hydrogen (secondary N) is 2. The summed E-state index contributed by atoms with van der Waals surface area (Å²) in [6, 6.07) is 4.46. The van der Waals surface area contributed by atoms with Gasteiger partial charge in [0.15, 0.2) is 0 Å². The van der Waals surface area contributed by atoms with Crippen molar-refractivity contribution in [1.82, 2.24) is 14.9 Å². The van der Waals surface area contributed by atoms with Crippen molar-refractivity contribution in [2.45, 2.75) is 56.9 Å². The third-order valence-electron chi connectivity index (χ3n) is 4.57. The summed E-state index contributed by atoms with van der Waals surface area (Å²) in [6.45, 7) is 8.76. The lowest BCUT2D eigenvalue weighted by molar-refractivity contribution is 0.0948. The Hall–Kier alpha value is -1.64. The maximum Gasteiger partial charge on any atom is 0.251 e. The van der Waals surface area contributed by atoms with Crippen LogP contribution in [0.15, 0.2) is 23.1 Å². The third kappa shape index (κ3) is 6.76. The molecule has 1 heterocycles. The molecule has 1 aromatic carbocycles. The average molecular weight is 412 g/mol. The number of methoxy groups -OCH3 is 1. The predicted molar refractivity (Wildman–Crippen MR) is 110 cm³/mol. The first kappa shape index (κ1) is 22.6. The lowest BCUT2D eigenvalue weighted by Crippen LogP contribution is -2.40. The normalized spacial score (nSPS) is 16.4. The van der Waals surface area contributed by atoms with E-state index in [1.807, 2.05) is 0 Å². The molecule has 0 radical (unpaired) electrons. The second-order valence-electron chi connectivity index (χ2n) is 8.23. The lowest BCUT2D eigenvalue weighted by Gasteiger charge is -2.22. The summed E-state index contributed by atoms with van der Waals surface area (Å²) < 4.78 is 33.2. The molecule has 2 N–H and O–H groups in total. The van der Waals surface area contributed by atoms with E-state index in [1.54, 1.807) is 26.8 Å². The van der Waals surface area contributed by atoms with Gasteiger partial charge in [0.1, 0.15) is 10.6 Å². The zero-order valence-corrected chi connectivity index (χ0v) is 18.2. The molecular weight excluding hydrogens is 378 g/mol. The molecule has 7 nitrogen and oxygen atoms in total. The highest BCUT2D eigenvalue weighted by molar-refractivity contribution is 7.89. The van der Waals surface area contributed by atoms with Gasteiger partial charge < -0.3 is 15.0 Å². The van der Waals surface area contributed by atoms with E-state index >= 15 is 0 Å². The number of ether oxygens (including phenoxy) is 1. The second kappa shape index (κ2) is 9.71. The number of carbonyl (C=O) groups excluding carboxylic acids is 1. The number of sulfonamides is 1. The van der Waals surface area contributed by atoms with E-state index < -0.39 is 15.6 Å². The minimum Gasteiger partial charge on any atom is -0.495 e. The molecule has 0 unspecified atom stereocenters. The Kier molecular flexibility index (Phi) is 7.86. The largest absolute Gasteiger partial charge is 0.495 e. The minimum atomic E-state index is -3.82. The molecule has 28 heavy (non-hydrogen) atoms. The van der Waals surface area contributed by atoms with Crippen LogP contribution in [-0.4, -0.2) is 58.1 Å². The van der Waals surface area contributed by atoms with Gasteiger partial charge in [0.25, 0.3) is 5.91 Å². The van der Waals surface area contributed by atoms with E-state index in [2.05, 4.69) is 14.9 Å². The van der Waals surface area contributed by atoms with E-state index in [4.69, 9.17) is 4.74 Å². The zero-order chi connectivity index (χ0) is 20.8. The molecule has 1 saturated heterocycles. The van der Waals surface area contributed by atoms with Crippen LogP contribution in [0.5, 0.6) is 5.75 Å². The first-order valence-corrected chi connectivity index (χ1v) is 11.3. The topological polar surface area (TPSA) is 87.7 Å². The maximum absolute atomic E-state index is 12.7. The van der Waals surface area contributed by atoms with Gasteiger partial charge in [-0.25, -0.2) is 13.1 Å². The van der Waals surface area contributed by atoms with E-state index in [1.165, 1.54) is 44.9 Å². The quantitative estimate of drug-likeness (QED) is 0.719. The van der Waals surface area contributed by atoms with Crippen molar-refractivity contribution < 1.29 is 17.9 Å². The Balaban J connectivity index is 2.07. The van der Waals surface area contributed by atoms with Crippen LogP contribution < -0.4 is 14.8 Å². The van der Waals surface area contributed by atoms with Gasteiger partial charge in [0.2, 0.25) is 10.0 Å². The Bertz CT molecular complexity index is 764. The SMILES string of the molecule is COc1ccc(C(=O)NCCN2CCCCCC2)cc1S(=O)(=O)NC(C)(C)C. The molecule has 0 spiro atoms. The second-order valence-corrected chi connectivity index (χ2v) is 9.88. The molecule has 1 aliphatic rings. The fourth-order valence-corrected chi connectivity index (χ4v) is 4.89. The van der Waals surface area contributed by atoms with Gasteiger partial charge in [-0.15, -0.1) is 0 Å². The summed E-state index contributed by atoms with van der Waals surface area (Å²) in [7, 11) is -2.41. The monoisotopic (exact) mass is 411 g/mol. The summed E-state index contributed by atoms with van der Waals surface area (Å²) in [6.07, 6.45) is 4.95. The maximum atomic E-state index is 12.7. The number of hydrogen-bond donors (Lipinski definition) is 2.